The highest BCUT2D eigenvalue weighted by atomic mass is 79.9. The Morgan fingerprint density at radius 2 is 2.25 bits per heavy atom. The first-order chi connectivity index (χ1) is 7.65. The van der Waals surface area contributed by atoms with Crippen LogP contribution < -0.4 is 0 Å². The van der Waals surface area contributed by atoms with Gasteiger partial charge in [-0.15, -0.1) is 0 Å². The third kappa shape index (κ3) is 1.97. The van der Waals surface area contributed by atoms with Crippen molar-refractivity contribution in [2.24, 2.45) is 0 Å². The van der Waals surface area contributed by atoms with Crippen LogP contribution in [0.3, 0.4) is 0 Å². The molecule has 2 rings (SSSR count). The molecule has 0 saturated heterocycles. The molecule has 84 valence electrons. The van der Waals surface area contributed by atoms with Crippen molar-refractivity contribution in [1.82, 2.24) is 9.55 Å². The molecule has 0 amide bonds. The molecule has 0 bridgehead atoms. The maximum Gasteiger partial charge on any atom is 0.182 e. The van der Waals surface area contributed by atoms with E-state index in [9.17, 15) is 0 Å². The van der Waals surface area contributed by atoms with Gasteiger partial charge in [-0.2, -0.15) is 0 Å². The van der Waals surface area contributed by atoms with E-state index in [2.05, 4.69) is 27.8 Å². The molecule has 5 heteroatoms. The molecule has 2 aromatic rings. The van der Waals surface area contributed by atoms with Gasteiger partial charge < -0.3 is 4.98 Å². The van der Waals surface area contributed by atoms with Crippen LogP contribution in [0.4, 0.5) is 0 Å². The van der Waals surface area contributed by atoms with Gasteiger partial charge in [0.25, 0.3) is 0 Å². The fraction of sp³-hybridized carbons (Fsp3) is 0.182. The maximum absolute atomic E-state index is 6.07. The molecule has 0 aliphatic rings. The number of nitrogens with one attached hydrogen (secondary N) is 1. The van der Waals surface area contributed by atoms with Gasteiger partial charge in [0.15, 0.2) is 4.77 Å². The molecule has 0 unspecified atom stereocenters. The Morgan fingerprint density at radius 3 is 2.94 bits per heavy atom. The summed E-state index contributed by atoms with van der Waals surface area (Å²) in [5.41, 5.74) is 2.10. The molecule has 1 heterocycles. The van der Waals surface area contributed by atoms with Crippen molar-refractivity contribution in [3.8, 4) is 5.69 Å². The molecule has 0 saturated carbocycles. The van der Waals surface area contributed by atoms with Crippen molar-refractivity contribution in [3.63, 3.8) is 0 Å². The minimum Gasteiger partial charge on any atom is -0.337 e. The standard InChI is InChI=1S/C11H10BrClN2S/c1-2-7-6-14-11(16)15(7)9-5-3-4-8(13)10(9)12/h3-6H,2H2,1H3,(H,14,16). The van der Waals surface area contributed by atoms with Crippen molar-refractivity contribution in [1.29, 1.82) is 0 Å². The molecule has 0 aliphatic heterocycles. The van der Waals surface area contributed by atoms with Crippen LogP contribution in [0.15, 0.2) is 28.9 Å². The van der Waals surface area contributed by atoms with E-state index in [0.29, 0.717) is 9.79 Å². The minimum atomic E-state index is 0.680. The number of imidazole rings is 1. The van der Waals surface area contributed by atoms with E-state index >= 15 is 0 Å². The number of aryl methyl sites for hydroxylation is 1. The fourth-order valence-electron chi connectivity index (χ4n) is 1.59. The van der Waals surface area contributed by atoms with Gasteiger partial charge in [-0.25, -0.2) is 0 Å². The molecule has 0 aliphatic carbocycles. The van der Waals surface area contributed by atoms with Crippen molar-refractivity contribution < 1.29 is 0 Å². The maximum atomic E-state index is 6.07. The Kier molecular flexibility index (Phi) is 3.52. The van der Waals surface area contributed by atoms with E-state index in [1.807, 2.05) is 29.0 Å². The van der Waals surface area contributed by atoms with Gasteiger partial charge in [-0.1, -0.05) is 24.6 Å². The average molecular weight is 318 g/mol. The van der Waals surface area contributed by atoms with Gasteiger partial charge >= 0.3 is 0 Å². The Bertz CT molecular complexity index is 574. The second-order valence-corrected chi connectivity index (χ2v) is 4.93. The predicted molar refractivity (Wildman–Crippen MR) is 73.0 cm³/mol. The first-order valence-electron chi connectivity index (χ1n) is 4.88. The summed E-state index contributed by atoms with van der Waals surface area (Å²) >= 11 is 14.8. The number of hydrogen-bond donors (Lipinski definition) is 1. The smallest absolute Gasteiger partial charge is 0.182 e. The van der Waals surface area contributed by atoms with Crippen molar-refractivity contribution in [2.75, 3.05) is 0 Å². The zero-order valence-corrected chi connectivity index (χ0v) is 11.8. The van der Waals surface area contributed by atoms with Crippen LogP contribution in [0.5, 0.6) is 0 Å². The van der Waals surface area contributed by atoms with Gasteiger partial charge in [0.05, 0.1) is 15.2 Å². The number of aromatic amines is 1. The predicted octanol–water partition coefficient (Wildman–Crippen LogP) is 4.51. The van der Waals surface area contributed by atoms with Crippen molar-refractivity contribution in [3.05, 3.63) is 44.4 Å². The van der Waals surface area contributed by atoms with Crippen LogP contribution in [-0.4, -0.2) is 9.55 Å². The number of aromatic nitrogens is 2. The van der Waals surface area contributed by atoms with Crippen LogP contribution in [0.2, 0.25) is 5.02 Å². The zero-order valence-electron chi connectivity index (χ0n) is 8.63. The molecule has 16 heavy (non-hydrogen) atoms. The second-order valence-electron chi connectivity index (χ2n) is 3.35. The lowest BCUT2D eigenvalue weighted by Gasteiger charge is -2.10. The van der Waals surface area contributed by atoms with E-state index in [4.69, 9.17) is 23.8 Å². The monoisotopic (exact) mass is 316 g/mol. The van der Waals surface area contributed by atoms with E-state index in [1.54, 1.807) is 0 Å². The normalized spacial score (nSPS) is 10.7. The van der Waals surface area contributed by atoms with Crippen LogP contribution in [0, 0.1) is 4.77 Å². The van der Waals surface area contributed by atoms with Crippen LogP contribution in [0.1, 0.15) is 12.6 Å². The van der Waals surface area contributed by atoms with Gasteiger partial charge in [-0.05, 0) is 46.7 Å². The first kappa shape index (κ1) is 11.9. The molecule has 0 radical (unpaired) electrons. The van der Waals surface area contributed by atoms with Crippen LogP contribution in [0.25, 0.3) is 5.69 Å². The lowest BCUT2D eigenvalue weighted by Crippen LogP contribution is -2.00. The number of hydrogen-bond acceptors (Lipinski definition) is 1. The Morgan fingerprint density at radius 1 is 1.50 bits per heavy atom. The SMILES string of the molecule is CCc1c[nH]c(=S)n1-c1cccc(Cl)c1Br. The van der Waals surface area contributed by atoms with Gasteiger partial charge in [0.2, 0.25) is 0 Å². The molecule has 1 N–H and O–H groups in total. The quantitative estimate of drug-likeness (QED) is 0.808. The summed E-state index contributed by atoms with van der Waals surface area (Å²) < 4.78 is 3.53. The Labute approximate surface area is 112 Å². The molecule has 0 spiro atoms. The number of benzene rings is 1. The summed E-state index contributed by atoms with van der Waals surface area (Å²) in [6.45, 7) is 2.09. The van der Waals surface area contributed by atoms with Crippen molar-refractivity contribution in [2.45, 2.75) is 13.3 Å². The lowest BCUT2D eigenvalue weighted by atomic mass is 10.3. The summed E-state index contributed by atoms with van der Waals surface area (Å²) in [6.07, 6.45) is 2.84. The average Bonchev–Trinajstić information content (AvgIpc) is 2.64. The highest BCUT2D eigenvalue weighted by Gasteiger charge is 2.10. The molecule has 0 fully saturated rings. The summed E-state index contributed by atoms with van der Waals surface area (Å²) in [6, 6.07) is 5.74. The summed E-state index contributed by atoms with van der Waals surface area (Å²) in [4.78, 5) is 3.05. The second kappa shape index (κ2) is 4.73. The van der Waals surface area contributed by atoms with E-state index in [-0.39, 0.29) is 0 Å². The van der Waals surface area contributed by atoms with Crippen molar-refractivity contribution >= 4 is 39.7 Å². The van der Waals surface area contributed by atoms with E-state index < -0.39 is 0 Å². The number of rotatable bonds is 2. The summed E-state index contributed by atoms with van der Waals surface area (Å²) in [7, 11) is 0. The molecule has 1 aromatic carbocycles. The lowest BCUT2D eigenvalue weighted by molar-refractivity contribution is 0.918. The van der Waals surface area contributed by atoms with Crippen LogP contribution in [-0.2, 0) is 6.42 Å². The Hall–Kier alpha value is -0.580. The van der Waals surface area contributed by atoms with E-state index in [1.165, 1.54) is 0 Å². The molecule has 2 nitrogen and oxygen atoms in total. The zero-order chi connectivity index (χ0) is 11.7. The molecule has 1 aromatic heterocycles. The third-order valence-corrected chi connectivity index (χ3v) is 4.06. The highest BCUT2D eigenvalue weighted by molar-refractivity contribution is 9.10. The molecule has 0 atom stereocenters. The topological polar surface area (TPSA) is 20.7 Å². The van der Waals surface area contributed by atoms with Crippen LogP contribution >= 0.6 is 39.7 Å². The number of nitrogens with zero attached hydrogens (tertiary/aromatic N) is 1. The largest absolute Gasteiger partial charge is 0.337 e. The minimum absolute atomic E-state index is 0.680. The fourth-order valence-corrected chi connectivity index (χ4v) is 2.48. The molecular weight excluding hydrogens is 308 g/mol. The van der Waals surface area contributed by atoms with E-state index in [0.717, 1.165) is 22.3 Å². The summed E-state index contributed by atoms with van der Waals surface area (Å²) in [5.74, 6) is 0. The molecular formula is C11H10BrClN2S. The van der Waals surface area contributed by atoms with Gasteiger partial charge in [0, 0.05) is 11.9 Å². The highest BCUT2D eigenvalue weighted by Crippen LogP contribution is 2.30. The number of H-pyrrole nitrogens is 1. The summed E-state index contributed by atoms with van der Waals surface area (Å²) in [5, 5.41) is 0.683. The van der Waals surface area contributed by atoms with Gasteiger partial charge in [0.1, 0.15) is 0 Å². The Balaban J connectivity index is 2.72. The first-order valence-corrected chi connectivity index (χ1v) is 6.46. The third-order valence-electron chi connectivity index (χ3n) is 2.39. The van der Waals surface area contributed by atoms with Gasteiger partial charge in [-0.3, -0.25) is 4.57 Å². The number of halogens is 2.